The van der Waals surface area contributed by atoms with Gasteiger partial charge in [0, 0.05) is 44.0 Å². The van der Waals surface area contributed by atoms with Crippen molar-refractivity contribution in [2.24, 2.45) is 5.14 Å². The third-order valence-corrected chi connectivity index (χ3v) is 5.21. The zero-order valence-electron chi connectivity index (χ0n) is 13.7. The average molecular weight is 380 g/mol. The Balaban J connectivity index is 1.83. The van der Waals surface area contributed by atoms with Gasteiger partial charge < -0.3 is 9.80 Å². The molecule has 0 bridgehead atoms. The van der Waals surface area contributed by atoms with Crippen molar-refractivity contribution in [3.05, 3.63) is 58.4 Å². The number of anilines is 2. The number of nitro groups is 1. The number of primary sulfonamides is 1. The lowest BCUT2D eigenvalue weighted by Gasteiger charge is -2.37. The first-order valence-electron chi connectivity index (χ1n) is 7.82. The molecule has 138 valence electrons. The van der Waals surface area contributed by atoms with Crippen LogP contribution in [0.4, 0.5) is 21.5 Å². The summed E-state index contributed by atoms with van der Waals surface area (Å²) < 4.78 is 36.8. The van der Waals surface area contributed by atoms with Crippen molar-refractivity contribution in [1.82, 2.24) is 0 Å². The van der Waals surface area contributed by atoms with Gasteiger partial charge in [0.1, 0.15) is 10.7 Å². The van der Waals surface area contributed by atoms with Crippen LogP contribution in [0.3, 0.4) is 0 Å². The minimum absolute atomic E-state index is 0.262. The predicted molar refractivity (Wildman–Crippen MR) is 95.3 cm³/mol. The summed E-state index contributed by atoms with van der Waals surface area (Å²) in [4.78, 5) is 13.9. The maximum absolute atomic E-state index is 13.0. The Labute approximate surface area is 149 Å². The number of sulfonamides is 1. The van der Waals surface area contributed by atoms with Crippen molar-refractivity contribution in [3.63, 3.8) is 0 Å². The molecule has 10 heteroatoms. The number of piperazine rings is 1. The minimum atomic E-state index is -4.11. The molecule has 0 aromatic heterocycles. The molecule has 0 atom stereocenters. The quantitative estimate of drug-likeness (QED) is 0.639. The molecule has 1 heterocycles. The van der Waals surface area contributed by atoms with Gasteiger partial charge in [-0.05, 0) is 30.3 Å². The highest BCUT2D eigenvalue weighted by molar-refractivity contribution is 7.89. The van der Waals surface area contributed by atoms with Gasteiger partial charge in [-0.1, -0.05) is 0 Å². The van der Waals surface area contributed by atoms with Crippen LogP contribution in [0.1, 0.15) is 0 Å². The van der Waals surface area contributed by atoms with Gasteiger partial charge in [0.05, 0.1) is 10.6 Å². The molecule has 3 rings (SSSR count). The molecular formula is C16H17FN4O4S. The van der Waals surface area contributed by atoms with E-state index in [-0.39, 0.29) is 16.4 Å². The fourth-order valence-electron chi connectivity index (χ4n) is 2.96. The number of non-ortho nitro benzene ring substituents is 1. The van der Waals surface area contributed by atoms with Gasteiger partial charge in [-0.2, -0.15) is 0 Å². The van der Waals surface area contributed by atoms with Gasteiger partial charge in [-0.25, -0.2) is 17.9 Å². The Hall–Kier alpha value is -2.72. The molecule has 2 aromatic carbocycles. The fraction of sp³-hybridized carbons (Fsp3) is 0.250. The fourth-order valence-corrected chi connectivity index (χ4v) is 3.74. The van der Waals surface area contributed by atoms with Crippen LogP contribution in [0.15, 0.2) is 47.4 Å². The van der Waals surface area contributed by atoms with Gasteiger partial charge in [0.15, 0.2) is 0 Å². The van der Waals surface area contributed by atoms with E-state index in [9.17, 15) is 22.9 Å². The second-order valence-electron chi connectivity index (χ2n) is 5.90. The van der Waals surface area contributed by atoms with Crippen LogP contribution in [-0.2, 0) is 10.0 Å². The van der Waals surface area contributed by atoms with Crippen LogP contribution in [0.5, 0.6) is 0 Å². The average Bonchev–Trinajstić information content (AvgIpc) is 2.61. The van der Waals surface area contributed by atoms with E-state index in [0.29, 0.717) is 31.9 Å². The molecule has 0 radical (unpaired) electrons. The van der Waals surface area contributed by atoms with Gasteiger partial charge in [0.2, 0.25) is 10.0 Å². The highest BCUT2D eigenvalue weighted by Crippen LogP contribution is 2.30. The zero-order chi connectivity index (χ0) is 18.9. The summed E-state index contributed by atoms with van der Waals surface area (Å²) in [5.74, 6) is -0.309. The van der Waals surface area contributed by atoms with Crippen molar-refractivity contribution in [2.75, 3.05) is 36.0 Å². The van der Waals surface area contributed by atoms with Crippen molar-refractivity contribution in [3.8, 4) is 0 Å². The Bertz CT molecular complexity index is 926. The number of nitrogens with two attached hydrogens (primary N) is 1. The van der Waals surface area contributed by atoms with Crippen LogP contribution in [0.25, 0.3) is 0 Å². The first-order valence-corrected chi connectivity index (χ1v) is 9.37. The molecule has 1 aliphatic rings. The molecule has 0 saturated carbocycles. The molecule has 0 aliphatic carbocycles. The normalized spacial score (nSPS) is 15.2. The topological polar surface area (TPSA) is 110 Å². The molecule has 2 N–H and O–H groups in total. The van der Waals surface area contributed by atoms with Crippen LogP contribution in [-0.4, -0.2) is 39.5 Å². The zero-order valence-corrected chi connectivity index (χ0v) is 14.5. The summed E-state index contributed by atoms with van der Waals surface area (Å²) >= 11 is 0. The number of benzene rings is 2. The highest BCUT2D eigenvalue weighted by atomic mass is 32.2. The summed E-state index contributed by atoms with van der Waals surface area (Å²) in [5, 5.41) is 16.2. The van der Waals surface area contributed by atoms with Crippen molar-refractivity contribution < 1.29 is 17.7 Å². The maximum Gasteiger partial charge on any atom is 0.270 e. The van der Waals surface area contributed by atoms with Crippen LogP contribution in [0.2, 0.25) is 0 Å². The van der Waals surface area contributed by atoms with Crippen molar-refractivity contribution >= 4 is 27.1 Å². The first kappa shape index (κ1) is 18.1. The van der Waals surface area contributed by atoms with Crippen LogP contribution < -0.4 is 14.9 Å². The molecular weight excluding hydrogens is 363 g/mol. The number of rotatable bonds is 4. The summed E-state index contributed by atoms with van der Waals surface area (Å²) in [6.07, 6.45) is 0. The van der Waals surface area contributed by atoms with Gasteiger partial charge in [-0.15, -0.1) is 0 Å². The summed E-state index contributed by atoms with van der Waals surface area (Å²) in [6.45, 7) is 2.18. The predicted octanol–water partition coefficient (Wildman–Crippen LogP) is 1.71. The Kier molecular flexibility index (Phi) is 4.79. The maximum atomic E-state index is 13.0. The van der Waals surface area contributed by atoms with Crippen molar-refractivity contribution in [2.45, 2.75) is 4.90 Å². The lowest BCUT2D eigenvalue weighted by atomic mass is 10.2. The molecule has 0 amide bonds. The molecule has 2 aromatic rings. The number of hydrogen-bond acceptors (Lipinski definition) is 6. The van der Waals surface area contributed by atoms with Gasteiger partial charge in [0.25, 0.3) is 5.69 Å². The largest absolute Gasteiger partial charge is 0.368 e. The second kappa shape index (κ2) is 6.89. The molecule has 8 nitrogen and oxygen atoms in total. The first-order chi connectivity index (χ1) is 12.3. The molecule has 0 unspecified atom stereocenters. The van der Waals surface area contributed by atoms with E-state index in [1.807, 2.05) is 4.90 Å². The third-order valence-electron chi connectivity index (χ3n) is 4.27. The smallest absolute Gasteiger partial charge is 0.270 e. The van der Waals surface area contributed by atoms with Gasteiger partial charge >= 0.3 is 0 Å². The van der Waals surface area contributed by atoms with Gasteiger partial charge in [-0.3, -0.25) is 10.1 Å². The van der Waals surface area contributed by atoms with Crippen LogP contribution >= 0.6 is 0 Å². The molecule has 1 aliphatic heterocycles. The van der Waals surface area contributed by atoms with E-state index >= 15 is 0 Å². The number of halogens is 1. The Morgan fingerprint density at radius 3 is 2.12 bits per heavy atom. The SMILES string of the molecule is NS(=O)(=O)c1cc([N+](=O)[O-])ccc1N1CCN(c2ccc(F)cc2)CC1. The van der Waals surface area contributed by atoms with E-state index in [1.54, 1.807) is 12.1 Å². The molecule has 26 heavy (non-hydrogen) atoms. The van der Waals surface area contributed by atoms with E-state index in [2.05, 4.69) is 4.90 Å². The highest BCUT2D eigenvalue weighted by Gasteiger charge is 2.25. The van der Waals surface area contributed by atoms with E-state index in [1.165, 1.54) is 24.3 Å². The summed E-state index contributed by atoms with van der Waals surface area (Å²) in [7, 11) is -4.11. The van der Waals surface area contributed by atoms with Crippen LogP contribution in [0, 0.1) is 15.9 Å². The van der Waals surface area contributed by atoms with Crippen molar-refractivity contribution in [1.29, 1.82) is 0 Å². The van der Waals surface area contributed by atoms with E-state index in [0.717, 1.165) is 11.8 Å². The molecule has 1 saturated heterocycles. The Morgan fingerprint density at radius 2 is 1.58 bits per heavy atom. The third kappa shape index (κ3) is 3.75. The molecule has 1 fully saturated rings. The van der Waals surface area contributed by atoms with E-state index < -0.39 is 14.9 Å². The lowest BCUT2D eigenvalue weighted by Crippen LogP contribution is -2.47. The minimum Gasteiger partial charge on any atom is -0.368 e. The standard InChI is InChI=1S/C16H17FN4O4S/c17-12-1-3-13(4-2-12)19-7-9-20(10-8-19)15-6-5-14(21(22)23)11-16(15)26(18,24)25/h1-6,11H,7-10H2,(H2,18,24,25). The monoisotopic (exact) mass is 380 g/mol. The second-order valence-corrected chi connectivity index (χ2v) is 7.43. The summed E-state index contributed by atoms with van der Waals surface area (Å²) in [6, 6.07) is 9.80. The number of nitrogens with zero attached hydrogens (tertiary/aromatic N) is 3. The number of hydrogen-bond donors (Lipinski definition) is 1. The Morgan fingerprint density at radius 1 is 1.00 bits per heavy atom. The number of nitro benzene ring substituents is 1. The van der Waals surface area contributed by atoms with E-state index in [4.69, 9.17) is 5.14 Å². The summed E-state index contributed by atoms with van der Waals surface area (Å²) in [5.41, 5.74) is 0.890. The molecule has 0 spiro atoms. The lowest BCUT2D eigenvalue weighted by molar-refractivity contribution is -0.385.